The molecule has 9 heteroatoms. The van der Waals surface area contributed by atoms with E-state index in [-0.39, 0.29) is 42.6 Å². The highest BCUT2D eigenvalue weighted by molar-refractivity contribution is 7.99. The number of phenols is 2. The Bertz CT molecular complexity index is 906. The van der Waals surface area contributed by atoms with E-state index < -0.39 is 5.97 Å². The molecule has 2 aliphatic rings. The summed E-state index contributed by atoms with van der Waals surface area (Å²) in [5.41, 5.74) is 0.783. The van der Waals surface area contributed by atoms with Crippen molar-refractivity contribution < 1.29 is 29.4 Å². The number of phenolic OH excluding ortho intramolecular Hbond substituents is 2. The molecule has 0 atom stereocenters. The monoisotopic (exact) mass is 460 g/mol. The Kier molecular flexibility index (Phi) is 9.03. The van der Waals surface area contributed by atoms with Crippen molar-refractivity contribution in [1.82, 2.24) is 4.90 Å². The first-order chi connectivity index (χ1) is 15.5. The van der Waals surface area contributed by atoms with Gasteiger partial charge < -0.3 is 24.7 Å². The van der Waals surface area contributed by atoms with E-state index in [9.17, 15) is 19.8 Å². The Hall–Kier alpha value is -2.94. The van der Waals surface area contributed by atoms with Gasteiger partial charge in [0.1, 0.15) is 17.1 Å². The van der Waals surface area contributed by atoms with E-state index in [0.29, 0.717) is 30.8 Å². The molecule has 2 N–H and O–H groups in total. The summed E-state index contributed by atoms with van der Waals surface area (Å²) in [6.07, 6.45) is 9.92. The number of cyclic esters (lactones) is 1. The van der Waals surface area contributed by atoms with Crippen LogP contribution in [0.3, 0.4) is 0 Å². The van der Waals surface area contributed by atoms with Crippen molar-refractivity contribution in [3.05, 3.63) is 47.6 Å². The summed E-state index contributed by atoms with van der Waals surface area (Å²) in [4.78, 5) is 32.0. The third-order valence-corrected chi connectivity index (χ3v) is 5.93. The number of ether oxygens (including phenoxy) is 1. The quantitative estimate of drug-likeness (QED) is 0.405. The van der Waals surface area contributed by atoms with Gasteiger partial charge in [0.25, 0.3) is 5.91 Å². The minimum Gasteiger partial charge on any atom is -0.508 e. The van der Waals surface area contributed by atoms with E-state index in [1.54, 1.807) is 11.0 Å². The van der Waals surface area contributed by atoms with Crippen LogP contribution in [0.2, 0.25) is 0 Å². The SMILES string of the molecule is O=C1OCC/C=C/CC/C=C/C(=N\OCC(=O)N2CCSCC2)Cc2cc(O)cc(O)c21. The summed E-state index contributed by atoms with van der Waals surface area (Å²) in [7, 11) is 0. The third kappa shape index (κ3) is 7.05. The molecule has 1 saturated heterocycles. The van der Waals surface area contributed by atoms with Gasteiger partial charge in [-0.05, 0) is 37.0 Å². The van der Waals surface area contributed by atoms with Gasteiger partial charge in [0.2, 0.25) is 0 Å². The van der Waals surface area contributed by atoms with Crippen molar-refractivity contribution in [1.29, 1.82) is 0 Å². The lowest BCUT2D eigenvalue weighted by Gasteiger charge is -2.25. The summed E-state index contributed by atoms with van der Waals surface area (Å²) >= 11 is 1.82. The zero-order valence-electron chi connectivity index (χ0n) is 17.9. The number of amides is 1. The lowest BCUT2D eigenvalue weighted by Crippen LogP contribution is -2.39. The number of nitrogens with zero attached hydrogens (tertiary/aromatic N) is 2. The molecule has 32 heavy (non-hydrogen) atoms. The number of fused-ring (bicyclic) bond motifs is 1. The second kappa shape index (κ2) is 12.2. The van der Waals surface area contributed by atoms with E-state index in [1.807, 2.05) is 30.0 Å². The molecule has 1 amide bonds. The van der Waals surface area contributed by atoms with E-state index in [2.05, 4.69) is 5.16 Å². The van der Waals surface area contributed by atoms with Crippen molar-refractivity contribution in [3.8, 4) is 11.5 Å². The first-order valence-electron chi connectivity index (χ1n) is 10.6. The van der Waals surface area contributed by atoms with E-state index in [0.717, 1.165) is 30.4 Å². The highest BCUT2D eigenvalue weighted by Crippen LogP contribution is 2.29. The molecule has 2 aliphatic heterocycles. The number of aromatic hydroxyl groups is 2. The van der Waals surface area contributed by atoms with Gasteiger partial charge in [-0.1, -0.05) is 23.4 Å². The maximum atomic E-state index is 12.6. The normalized spacial score (nSPS) is 21.2. The zero-order valence-corrected chi connectivity index (χ0v) is 18.7. The Balaban J connectivity index is 1.80. The van der Waals surface area contributed by atoms with Crippen LogP contribution < -0.4 is 0 Å². The smallest absolute Gasteiger partial charge is 0.342 e. The fourth-order valence-electron chi connectivity index (χ4n) is 3.37. The van der Waals surface area contributed by atoms with Crippen molar-refractivity contribution in [3.63, 3.8) is 0 Å². The average molecular weight is 461 g/mol. The number of oxime groups is 1. The van der Waals surface area contributed by atoms with Gasteiger partial charge in [0.15, 0.2) is 6.61 Å². The summed E-state index contributed by atoms with van der Waals surface area (Å²) in [6, 6.07) is 2.49. The first-order valence-corrected chi connectivity index (χ1v) is 11.8. The predicted octanol–water partition coefficient (Wildman–Crippen LogP) is 3.04. The van der Waals surface area contributed by atoms with E-state index in [1.165, 1.54) is 6.07 Å². The number of esters is 1. The summed E-state index contributed by atoms with van der Waals surface area (Å²) < 4.78 is 5.28. The van der Waals surface area contributed by atoms with Gasteiger partial charge >= 0.3 is 5.97 Å². The predicted molar refractivity (Wildman–Crippen MR) is 123 cm³/mol. The van der Waals surface area contributed by atoms with Gasteiger partial charge in [0.05, 0.1) is 12.3 Å². The van der Waals surface area contributed by atoms with Crippen molar-refractivity contribution in [2.75, 3.05) is 37.8 Å². The highest BCUT2D eigenvalue weighted by Gasteiger charge is 2.21. The number of carbonyl (C=O) groups is 2. The molecular formula is C23H28N2O6S. The van der Waals surface area contributed by atoms with Crippen LogP contribution in [-0.2, 0) is 20.8 Å². The molecule has 0 saturated carbocycles. The average Bonchev–Trinajstić information content (AvgIpc) is 2.77. The third-order valence-electron chi connectivity index (χ3n) is 4.99. The largest absolute Gasteiger partial charge is 0.508 e. The number of rotatable bonds is 3. The van der Waals surface area contributed by atoms with E-state index in [4.69, 9.17) is 9.57 Å². The Labute approximate surface area is 191 Å². The van der Waals surface area contributed by atoms with Crippen LogP contribution in [0.4, 0.5) is 0 Å². The fraction of sp³-hybridized carbons (Fsp3) is 0.435. The molecule has 0 unspecified atom stereocenters. The maximum absolute atomic E-state index is 12.6. The molecule has 0 aliphatic carbocycles. The zero-order chi connectivity index (χ0) is 22.8. The van der Waals surface area contributed by atoms with Gasteiger partial charge in [-0.15, -0.1) is 0 Å². The van der Waals surface area contributed by atoms with Crippen molar-refractivity contribution in [2.24, 2.45) is 5.16 Å². The molecule has 8 nitrogen and oxygen atoms in total. The Morgan fingerprint density at radius 3 is 2.69 bits per heavy atom. The summed E-state index contributed by atoms with van der Waals surface area (Å²) in [5, 5.41) is 24.3. The topological polar surface area (TPSA) is 109 Å². The highest BCUT2D eigenvalue weighted by atomic mass is 32.2. The number of thioether (sulfide) groups is 1. The number of benzene rings is 1. The minimum absolute atomic E-state index is 0.0215. The molecule has 1 fully saturated rings. The Morgan fingerprint density at radius 1 is 1.12 bits per heavy atom. The lowest BCUT2D eigenvalue weighted by atomic mass is 10.00. The van der Waals surface area contributed by atoms with Crippen LogP contribution >= 0.6 is 11.8 Å². The maximum Gasteiger partial charge on any atom is 0.342 e. The van der Waals surface area contributed by atoms with Crippen LogP contribution in [0, 0.1) is 0 Å². The number of carbonyl (C=O) groups excluding carboxylic acids is 2. The minimum atomic E-state index is -0.676. The molecule has 3 rings (SSSR count). The number of hydrogen-bond donors (Lipinski definition) is 2. The standard InChI is InChI=1S/C23H28N2O6S/c26-19-14-17-13-18(24-31-16-21(28)25-8-11-32-12-9-25)7-5-3-1-2-4-6-10-30-23(29)22(17)20(27)15-19/h2,4-5,7,14-15,26-27H,1,3,6,8-13,16H2/b4-2+,7-5+,24-18+. The molecule has 1 aromatic rings. The number of allylic oxidation sites excluding steroid dienone is 3. The van der Waals surface area contributed by atoms with E-state index >= 15 is 0 Å². The molecular weight excluding hydrogens is 432 g/mol. The van der Waals surface area contributed by atoms with Gasteiger partial charge in [-0.2, -0.15) is 11.8 Å². The second-order valence-corrected chi connectivity index (χ2v) is 8.63. The van der Waals surface area contributed by atoms with Crippen LogP contribution in [0.15, 0.2) is 41.6 Å². The second-order valence-electron chi connectivity index (χ2n) is 7.40. The van der Waals surface area contributed by atoms with Crippen LogP contribution in [-0.4, -0.2) is 70.5 Å². The van der Waals surface area contributed by atoms with Crippen molar-refractivity contribution >= 4 is 29.4 Å². The lowest BCUT2D eigenvalue weighted by molar-refractivity contribution is -0.135. The fourth-order valence-corrected chi connectivity index (χ4v) is 4.28. The van der Waals surface area contributed by atoms with Crippen LogP contribution in [0.25, 0.3) is 0 Å². The van der Waals surface area contributed by atoms with Gasteiger partial charge in [-0.3, -0.25) is 4.79 Å². The van der Waals surface area contributed by atoms with Crippen molar-refractivity contribution in [2.45, 2.75) is 25.7 Å². The Morgan fingerprint density at radius 2 is 1.88 bits per heavy atom. The summed E-state index contributed by atoms with van der Waals surface area (Å²) in [5.74, 6) is 0.485. The first kappa shape index (κ1) is 23.7. The molecule has 0 radical (unpaired) electrons. The summed E-state index contributed by atoms with van der Waals surface area (Å²) in [6.45, 7) is 1.41. The van der Waals surface area contributed by atoms with Crippen LogP contribution in [0.5, 0.6) is 11.5 Å². The molecule has 2 heterocycles. The van der Waals surface area contributed by atoms with Gasteiger partial charge in [-0.25, -0.2) is 4.79 Å². The number of hydrogen-bond acceptors (Lipinski definition) is 8. The molecule has 0 spiro atoms. The van der Waals surface area contributed by atoms with Crippen LogP contribution in [0.1, 0.15) is 35.2 Å². The molecule has 1 aromatic carbocycles. The van der Waals surface area contributed by atoms with Gasteiger partial charge in [0, 0.05) is 37.1 Å². The molecule has 0 bridgehead atoms. The molecule has 0 aromatic heterocycles. The molecule has 172 valence electrons.